The number of amides is 1. The van der Waals surface area contributed by atoms with Gasteiger partial charge >= 0.3 is 0 Å². The Morgan fingerprint density at radius 1 is 1.03 bits per heavy atom. The van der Waals surface area contributed by atoms with E-state index in [9.17, 15) is 4.79 Å². The van der Waals surface area contributed by atoms with Gasteiger partial charge in [-0.25, -0.2) is 9.97 Å². The number of rotatable bonds is 6. The van der Waals surface area contributed by atoms with Crippen LogP contribution in [0.4, 0.5) is 11.6 Å². The van der Waals surface area contributed by atoms with Crippen LogP contribution in [0, 0.1) is 0 Å². The lowest BCUT2D eigenvalue weighted by molar-refractivity contribution is 0.102. The van der Waals surface area contributed by atoms with Gasteiger partial charge in [0.2, 0.25) is 5.95 Å². The minimum Gasteiger partial charge on any atom is -0.497 e. The van der Waals surface area contributed by atoms with Gasteiger partial charge in [-0.1, -0.05) is 51.1 Å². The highest BCUT2D eigenvalue weighted by Gasteiger charge is 2.19. The molecule has 6 nitrogen and oxygen atoms in total. The van der Waals surface area contributed by atoms with Crippen LogP contribution in [-0.2, 0) is 12.0 Å². The number of methoxy groups -OCH3 is 1. The number of carbonyl (C=O) groups excluding carboxylic acids is 1. The first-order chi connectivity index (χ1) is 13.9. The highest BCUT2D eigenvalue weighted by molar-refractivity contribution is 6.03. The molecule has 3 rings (SSSR count). The third-order valence-corrected chi connectivity index (χ3v) is 4.48. The lowest BCUT2D eigenvalue weighted by atomic mass is 9.86. The molecular weight excluding hydrogens is 364 g/mol. The number of carbonyl (C=O) groups is 1. The summed E-state index contributed by atoms with van der Waals surface area (Å²) < 4.78 is 5.16. The number of nitrogens with zero attached hydrogens (tertiary/aromatic N) is 2. The molecule has 0 aliphatic heterocycles. The van der Waals surface area contributed by atoms with Crippen LogP contribution in [0.15, 0.2) is 60.8 Å². The standard InChI is InChI=1S/C23H26N4O2/c1-23(2,3)18-7-5-6-8-19(18)26-21(28)20-13-14-24-22(27-20)25-15-16-9-11-17(29-4)12-10-16/h5-14H,15H2,1-4H3,(H,26,28)(H,24,25,27). The predicted octanol–water partition coefficient (Wildman–Crippen LogP) is 4.65. The van der Waals surface area contributed by atoms with Crippen molar-refractivity contribution in [3.05, 3.63) is 77.6 Å². The zero-order valence-corrected chi connectivity index (χ0v) is 17.2. The molecule has 0 aliphatic rings. The lowest BCUT2D eigenvalue weighted by Crippen LogP contribution is -2.20. The topological polar surface area (TPSA) is 76.1 Å². The molecule has 2 N–H and O–H groups in total. The van der Waals surface area contributed by atoms with E-state index < -0.39 is 0 Å². The largest absolute Gasteiger partial charge is 0.497 e. The molecule has 0 unspecified atom stereocenters. The van der Waals surface area contributed by atoms with E-state index in [4.69, 9.17) is 4.74 Å². The average Bonchev–Trinajstić information content (AvgIpc) is 2.72. The summed E-state index contributed by atoms with van der Waals surface area (Å²) >= 11 is 0. The van der Waals surface area contributed by atoms with E-state index in [1.54, 1.807) is 19.4 Å². The van der Waals surface area contributed by atoms with Crippen LogP contribution >= 0.6 is 0 Å². The second-order valence-electron chi connectivity index (χ2n) is 7.72. The Morgan fingerprint density at radius 3 is 2.45 bits per heavy atom. The molecular formula is C23H26N4O2. The molecule has 29 heavy (non-hydrogen) atoms. The average molecular weight is 390 g/mol. The quantitative estimate of drug-likeness (QED) is 0.641. The van der Waals surface area contributed by atoms with Gasteiger partial charge in [-0.3, -0.25) is 4.79 Å². The first-order valence-electron chi connectivity index (χ1n) is 9.47. The zero-order chi connectivity index (χ0) is 20.9. The van der Waals surface area contributed by atoms with Crippen LogP contribution in [0.25, 0.3) is 0 Å². The van der Waals surface area contributed by atoms with Crippen molar-refractivity contribution in [3.8, 4) is 5.75 Å². The molecule has 2 aromatic carbocycles. The summed E-state index contributed by atoms with van der Waals surface area (Å²) in [7, 11) is 1.64. The Labute approximate surface area is 171 Å². The SMILES string of the molecule is COc1ccc(CNc2nccc(C(=O)Nc3ccccc3C(C)(C)C)n2)cc1. The van der Waals surface area contributed by atoms with Crippen LogP contribution in [0.2, 0.25) is 0 Å². The molecule has 3 aromatic rings. The van der Waals surface area contributed by atoms with Crippen molar-refractivity contribution < 1.29 is 9.53 Å². The van der Waals surface area contributed by atoms with E-state index in [1.165, 1.54) is 0 Å². The van der Waals surface area contributed by atoms with Gasteiger partial charge in [0, 0.05) is 18.4 Å². The van der Waals surface area contributed by atoms with Crippen molar-refractivity contribution in [2.24, 2.45) is 0 Å². The number of ether oxygens (including phenoxy) is 1. The van der Waals surface area contributed by atoms with Crippen molar-refractivity contribution in [1.82, 2.24) is 9.97 Å². The van der Waals surface area contributed by atoms with Gasteiger partial charge in [-0.15, -0.1) is 0 Å². The van der Waals surface area contributed by atoms with Crippen molar-refractivity contribution in [2.45, 2.75) is 32.7 Å². The first kappa shape index (κ1) is 20.3. The highest BCUT2D eigenvalue weighted by Crippen LogP contribution is 2.29. The summed E-state index contributed by atoms with van der Waals surface area (Å²) in [5.74, 6) is 0.938. The number of hydrogen-bond donors (Lipinski definition) is 2. The van der Waals surface area contributed by atoms with Crippen molar-refractivity contribution in [3.63, 3.8) is 0 Å². The van der Waals surface area contributed by atoms with Crippen molar-refractivity contribution >= 4 is 17.5 Å². The highest BCUT2D eigenvalue weighted by atomic mass is 16.5. The number of nitrogens with one attached hydrogen (secondary N) is 2. The third-order valence-electron chi connectivity index (χ3n) is 4.48. The molecule has 0 radical (unpaired) electrons. The van der Waals surface area contributed by atoms with Crippen molar-refractivity contribution in [1.29, 1.82) is 0 Å². The molecule has 0 saturated carbocycles. The lowest BCUT2D eigenvalue weighted by Gasteiger charge is -2.22. The van der Waals surface area contributed by atoms with Gasteiger partial charge in [-0.2, -0.15) is 0 Å². The second-order valence-corrected chi connectivity index (χ2v) is 7.72. The molecule has 0 fully saturated rings. The van der Waals surface area contributed by atoms with Gasteiger partial charge < -0.3 is 15.4 Å². The fourth-order valence-corrected chi connectivity index (χ4v) is 2.93. The summed E-state index contributed by atoms with van der Waals surface area (Å²) in [6.45, 7) is 6.89. The molecule has 0 atom stereocenters. The molecule has 0 bridgehead atoms. The molecule has 1 aromatic heterocycles. The van der Waals surface area contributed by atoms with E-state index >= 15 is 0 Å². The maximum absolute atomic E-state index is 12.7. The molecule has 1 amide bonds. The summed E-state index contributed by atoms with van der Waals surface area (Å²) in [4.78, 5) is 21.3. The van der Waals surface area contributed by atoms with Gasteiger partial charge in [0.05, 0.1) is 7.11 Å². The Balaban J connectivity index is 1.70. The Morgan fingerprint density at radius 2 is 1.76 bits per heavy atom. The van der Waals surface area contributed by atoms with Crippen LogP contribution in [0.5, 0.6) is 5.75 Å². The second kappa shape index (κ2) is 8.73. The Kier molecular flexibility index (Phi) is 6.12. The molecule has 1 heterocycles. The summed E-state index contributed by atoms with van der Waals surface area (Å²) in [6, 6.07) is 17.1. The molecule has 150 valence electrons. The number of aromatic nitrogens is 2. The van der Waals surface area contributed by atoms with Gasteiger partial charge in [0.25, 0.3) is 5.91 Å². The van der Waals surface area contributed by atoms with Gasteiger partial charge in [0.1, 0.15) is 11.4 Å². The number of benzene rings is 2. The molecule has 6 heteroatoms. The van der Waals surface area contributed by atoms with E-state index in [0.29, 0.717) is 18.2 Å². The Hall–Kier alpha value is -3.41. The summed E-state index contributed by atoms with van der Waals surface area (Å²) in [5.41, 5.74) is 3.14. The maximum atomic E-state index is 12.7. The Bertz CT molecular complexity index is 979. The monoisotopic (exact) mass is 390 g/mol. The number of anilines is 2. The summed E-state index contributed by atoms with van der Waals surface area (Å²) in [6.07, 6.45) is 1.58. The van der Waals surface area contributed by atoms with E-state index in [0.717, 1.165) is 22.6 Å². The number of para-hydroxylation sites is 1. The number of hydrogen-bond acceptors (Lipinski definition) is 5. The van der Waals surface area contributed by atoms with Crippen LogP contribution in [-0.4, -0.2) is 23.0 Å². The molecule has 0 spiro atoms. The van der Waals surface area contributed by atoms with Crippen molar-refractivity contribution in [2.75, 3.05) is 17.7 Å². The fourth-order valence-electron chi connectivity index (χ4n) is 2.93. The summed E-state index contributed by atoms with van der Waals surface area (Å²) in [5, 5.41) is 6.13. The fraction of sp³-hybridized carbons (Fsp3) is 0.261. The van der Waals surface area contributed by atoms with E-state index in [1.807, 2.05) is 48.5 Å². The van der Waals surface area contributed by atoms with Crippen LogP contribution < -0.4 is 15.4 Å². The minimum atomic E-state index is -0.267. The van der Waals surface area contributed by atoms with E-state index in [2.05, 4.69) is 41.4 Å². The van der Waals surface area contributed by atoms with Gasteiger partial charge in [0.15, 0.2) is 0 Å². The van der Waals surface area contributed by atoms with Gasteiger partial charge in [-0.05, 0) is 40.8 Å². The smallest absolute Gasteiger partial charge is 0.274 e. The third kappa shape index (κ3) is 5.31. The zero-order valence-electron chi connectivity index (χ0n) is 17.2. The van der Waals surface area contributed by atoms with Crippen LogP contribution in [0.1, 0.15) is 42.4 Å². The predicted molar refractivity (Wildman–Crippen MR) is 115 cm³/mol. The molecule has 0 saturated heterocycles. The maximum Gasteiger partial charge on any atom is 0.274 e. The normalized spacial score (nSPS) is 11.0. The molecule has 0 aliphatic carbocycles. The van der Waals surface area contributed by atoms with Crippen LogP contribution in [0.3, 0.4) is 0 Å². The minimum absolute atomic E-state index is 0.0827. The first-order valence-corrected chi connectivity index (χ1v) is 9.47. The van der Waals surface area contributed by atoms with E-state index in [-0.39, 0.29) is 11.3 Å².